The molecule has 140 valence electrons. The third-order valence-electron chi connectivity index (χ3n) is 4.70. The zero-order valence-electron chi connectivity index (χ0n) is 13.6. The van der Waals surface area contributed by atoms with Gasteiger partial charge in [0.2, 0.25) is 5.91 Å². The van der Waals surface area contributed by atoms with Crippen LogP contribution in [0.25, 0.3) is 0 Å². The molecule has 1 aliphatic carbocycles. The summed E-state index contributed by atoms with van der Waals surface area (Å²) in [5, 5.41) is 6.21. The molecule has 0 bridgehead atoms. The first-order chi connectivity index (χ1) is 11.4. The molecule has 25 heavy (non-hydrogen) atoms. The van der Waals surface area contributed by atoms with Crippen LogP contribution in [0.1, 0.15) is 32.1 Å². The summed E-state index contributed by atoms with van der Waals surface area (Å²) in [6.45, 7) is -1.33. The molecule has 1 saturated heterocycles. The van der Waals surface area contributed by atoms with Crippen LogP contribution < -0.4 is 15.4 Å². The molecule has 3 rings (SSSR count). The fourth-order valence-electron chi connectivity index (χ4n) is 3.55. The minimum atomic E-state index is -4.36. The van der Waals surface area contributed by atoms with Gasteiger partial charge in [-0.1, -0.05) is 12.8 Å². The van der Waals surface area contributed by atoms with E-state index in [1.54, 1.807) is 12.1 Å². The lowest BCUT2D eigenvalue weighted by Crippen LogP contribution is -2.39. The van der Waals surface area contributed by atoms with E-state index < -0.39 is 12.8 Å². The first kappa shape index (κ1) is 19.8. The molecule has 2 N–H and O–H groups in total. The van der Waals surface area contributed by atoms with E-state index in [4.69, 9.17) is 0 Å². The molecule has 1 saturated carbocycles. The second-order valence-corrected chi connectivity index (χ2v) is 6.52. The second kappa shape index (κ2) is 8.27. The van der Waals surface area contributed by atoms with Crippen molar-refractivity contribution in [2.75, 3.05) is 11.9 Å². The van der Waals surface area contributed by atoms with Gasteiger partial charge in [0.15, 0.2) is 6.61 Å². The highest BCUT2D eigenvalue weighted by atomic mass is 35.5. The van der Waals surface area contributed by atoms with Gasteiger partial charge in [-0.15, -0.1) is 12.4 Å². The summed E-state index contributed by atoms with van der Waals surface area (Å²) in [5.41, 5.74) is 0.552. The first-order valence-electron chi connectivity index (χ1n) is 8.27. The molecule has 1 heterocycles. The third kappa shape index (κ3) is 5.51. The van der Waals surface area contributed by atoms with Crippen molar-refractivity contribution >= 4 is 24.0 Å². The van der Waals surface area contributed by atoms with Gasteiger partial charge < -0.3 is 15.4 Å². The topological polar surface area (TPSA) is 50.4 Å². The maximum absolute atomic E-state index is 12.3. The van der Waals surface area contributed by atoms with E-state index in [1.807, 2.05) is 0 Å². The SMILES string of the molecule is Cl.O=C(Nc1ccc(OCC(F)(F)F)cc1)C1CC2CCCCC2N1. The zero-order valence-corrected chi connectivity index (χ0v) is 14.5. The van der Waals surface area contributed by atoms with Crippen molar-refractivity contribution < 1.29 is 22.7 Å². The van der Waals surface area contributed by atoms with E-state index in [0.29, 0.717) is 17.6 Å². The number of hydrogen-bond acceptors (Lipinski definition) is 3. The number of carbonyl (C=O) groups excluding carboxylic acids is 1. The number of nitrogens with one attached hydrogen (secondary N) is 2. The van der Waals surface area contributed by atoms with E-state index in [1.165, 1.54) is 31.4 Å². The Labute approximate surface area is 150 Å². The number of ether oxygens (including phenoxy) is 1. The third-order valence-corrected chi connectivity index (χ3v) is 4.70. The molecule has 2 aliphatic rings. The normalized spacial score (nSPS) is 25.6. The van der Waals surface area contributed by atoms with Crippen LogP contribution >= 0.6 is 12.4 Å². The molecular formula is C17H22ClF3N2O2. The van der Waals surface area contributed by atoms with Gasteiger partial charge in [-0.3, -0.25) is 4.79 Å². The minimum Gasteiger partial charge on any atom is -0.484 e. The smallest absolute Gasteiger partial charge is 0.422 e. The maximum atomic E-state index is 12.3. The van der Waals surface area contributed by atoms with Crippen LogP contribution in [0.3, 0.4) is 0 Å². The molecule has 3 atom stereocenters. The van der Waals surface area contributed by atoms with Crippen molar-refractivity contribution in [2.45, 2.75) is 50.4 Å². The minimum absolute atomic E-state index is 0. The van der Waals surface area contributed by atoms with Crippen LogP contribution in [-0.2, 0) is 4.79 Å². The van der Waals surface area contributed by atoms with Gasteiger partial charge in [-0.05, 0) is 49.4 Å². The van der Waals surface area contributed by atoms with Crippen molar-refractivity contribution in [1.29, 1.82) is 0 Å². The molecule has 2 fully saturated rings. The lowest BCUT2D eigenvalue weighted by molar-refractivity contribution is -0.153. The number of carbonyl (C=O) groups is 1. The molecule has 0 spiro atoms. The molecule has 8 heteroatoms. The Morgan fingerprint density at radius 3 is 2.52 bits per heavy atom. The summed E-state index contributed by atoms with van der Waals surface area (Å²) in [6.07, 6.45) is 1.23. The van der Waals surface area contributed by atoms with Gasteiger partial charge in [0, 0.05) is 11.7 Å². The van der Waals surface area contributed by atoms with Crippen molar-refractivity contribution in [2.24, 2.45) is 5.92 Å². The summed E-state index contributed by atoms with van der Waals surface area (Å²) in [7, 11) is 0. The van der Waals surface area contributed by atoms with Gasteiger partial charge in [0.1, 0.15) is 5.75 Å². The number of alkyl halides is 3. The Balaban J connectivity index is 0.00000225. The molecule has 1 aromatic carbocycles. The number of rotatable bonds is 4. The first-order valence-corrected chi connectivity index (χ1v) is 8.27. The van der Waals surface area contributed by atoms with Gasteiger partial charge in [0.25, 0.3) is 0 Å². The fraction of sp³-hybridized carbons (Fsp3) is 0.588. The molecule has 3 unspecified atom stereocenters. The number of halogens is 4. The van der Waals surface area contributed by atoms with Gasteiger partial charge in [-0.25, -0.2) is 0 Å². The van der Waals surface area contributed by atoms with Crippen LogP contribution in [0.4, 0.5) is 18.9 Å². The van der Waals surface area contributed by atoms with Gasteiger partial charge in [0.05, 0.1) is 6.04 Å². The van der Waals surface area contributed by atoms with E-state index in [9.17, 15) is 18.0 Å². The number of hydrogen-bond donors (Lipinski definition) is 2. The Kier molecular flexibility index (Phi) is 6.57. The molecule has 1 amide bonds. The van der Waals surface area contributed by atoms with Crippen LogP contribution in [0.5, 0.6) is 5.75 Å². The summed E-state index contributed by atoms with van der Waals surface area (Å²) >= 11 is 0. The molecule has 4 nitrogen and oxygen atoms in total. The largest absolute Gasteiger partial charge is 0.484 e. The molecule has 1 aliphatic heterocycles. The lowest BCUT2D eigenvalue weighted by atomic mass is 9.85. The van der Waals surface area contributed by atoms with Gasteiger partial charge in [-0.2, -0.15) is 13.2 Å². The van der Waals surface area contributed by atoms with E-state index in [-0.39, 0.29) is 30.1 Å². The molecule has 1 aromatic rings. The number of anilines is 1. The Bertz CT molecular complexity index is 566. The predicted octanol–water partition coefficient (Wildman–Crippen LogP) is 3.91. The average molecular weight is 379 g/mol. The highest BCUT2D eigenvalue weighted by molar-refractivity contribution is 5.95. The molecular weight excluding hydrogens is 357 g/mol. The van der Waals surface area contributed by atoms with Crippen molar-refractivity contribution in [3.05, 3.63) is 24.3 Å². The van der Waals surface area contributed by atoms with Crippen LogP contribution in [0, 0.1) is 5.92 Å². The van der Waals surface area contributed by atoms with Gasteiger partial charge >= 0.3 is 6.18 Å². The number of benzene rings is 1. The standard InChI is InChI=1S/C17H21F3N2O2.ClH/c18-17(19,20)10-24-13-7-5-12(6-8-13)21-16(23)15-9-11-3-1-2-4-14(11)22-15;/h5-8,11,14-15,22H,1-4,9-10H2,(H,21,23);1H. The maximum Gasteiger partial charge on any atom is 0.422 e. The summed E-state index contributed by atoms with van der Waals surface area (Å²) in [6, 6.07) is 6.18. The Morgan fingerprint density at radius 2 is 1.88 bits per heavy atom. The highest BCUT2D eigenvalue weighted by Crippen LogP contribution is 2.33. The van der Waals surface area contributed by atoms with E-state index in [2.05, 4.69) is 15.4 Å². The lowest BCUT2D eigenvalue weighted by Gasteiger charge is -2.24. The predicted molar refractivity (Wildman–Crippen MR) is 91.2 cm³/mol. The second-order valence-electron chi connectivity index (χ2n) is 6.52. The van der Waals surface area contributed by atoms with Crippen molar-refractivity contribution in [3.63, 3.8) is 0 Å². The Morgan fingerprint density at radius 1 is 1.20 bits per heavy atom. The average Bonchev–Trinajstić information content (AvgIpc) is 2.98. The summed E-state index contributed by atoms with van der Waals surface area (Å²) in [5.74, 6) is 0.608. The monoisotopic (exact) mass is 378 g/mol. The summed E-state index contributed by atoms with van der Waals surface area (Å²) in [4.78, 5) is 12.3. The van der Waals surface area contributed by atoms with E-state index in [0.717, 1.165) is 12.8 Å². The fourth-order valence-corrected chi connectivity index (χ4v) is 3.55. The number of fused-ring (bicyclic) bond motifs is 1. The van der Waals surface area contributed by atoms with E-state index >= 15 is 0 Å². The van der Waals surface area contributed by atoms with Crippen molar-refractivity contribution in [3.8, 4) is 5.75 Å². The summed E-state index contributed by atoms with van der Waals surface area (Å²) < 4.78 is 41.0. The van der Waals surface area contributed by atoms with Crippen LogP contribution in [-0.4, -0.2) is 30.8 Å². The van der Waals surface area contributed by atoms with Crippen molar-refractivity contribution in [1.82, 2.24) is 5.32 Å². The quantitative estimate of drug-likeness (QED) is 0.835. The molecule has 0 aromatic heterocycles. The van der Waals surface area contributed by atoms with Crippen LogP contribution in [0.15, 0.2) is 24.3 Å². The Hall–Kier alpha value is -1.47. The highest BCUT2D eigenvalue weighted by Gasteiger charge is 2.38. The van der Waals surface area contributed by atoms with Crippen LogP contribution in [0.2, 0.25) is 0 Å². The zero-order chi connectivity index (χ0) is 17.2. The number of amides is 1. The molecule has 0 radical (unpaired) electrons.